The molecule has 1 heterocycles. The number of nitrogens with two attached hydrogens (primary N) is 1. The number of ether oxygens (including phenoxy) is 1. The third-order valence-corrected chi connectivity index (χ3v) is 4.74. The summed E-state index contributed by atoms with van der Waals surface area (Å²) in [6, 6.07) is 14.8. The molecule has 0 saturated carbocycles. The standard InChI is InChI=1S/C18H18Cl2N2O2/c19-13-6-7-15(20)17(8-13)24-11-18(23)22-9-14(16(21)10-22)12-4-2-1-3-5-12/h1-8,14,16H,9-11,21H2/t14-,16+/m0/s1. The van der Waals surface area contributed by atoms with Gasteiger partial charge in [-0.3, -0.25) is 4.79 Å². The third kappa shape index (κ3) is 3.83. The summed E-state index contributed by atoms with van der Waals surface area (Å²) in [6.45, 7) is 1.02. The minimum Gasteiger partial charge on any atom is -0.482 e. The molecule has 24 heavy (non-hydrogen) atoms. The maximum atomic E-state index is 12.4. The van der Waals surface area contributed by atoms with Crippen molar-refractivity contribution in [2.45, 2.75) is 12.0 Å². The zero-order valence-corrected chi connectivity index (χ0v) is 14.5. The number of halogens is 2. The van der Waals surface area contributed by atoms with Crippen LogP contribution in [-0.2, 0) is 4.79 Å². The van der Waals surface area contributed by atoms with Crippen molar-refractivity contribution in [3.8, 4) is 5.75 Å². The van der Waals surface area contributed by atoms with Gasteiger partial charge >= 0.3 is 0 Å². The van der Waals surface area contributed by atoms with Crippen LogP contribution in [0.2, 0.25) is 10.0 Å². The first-order chi connectivity index (χ1) is 11.5. The number of carbonyl (C=O) groups is 1. The van der Waals surface area contributed by atoms with Gasteiger partial charge in [0.25, 0.3) is 5.91 Å². The number of benzene rings is 2. The molecule has 1 aliphatic rings. The lowest BCUT2D eigenvalue weighted by Crippen LogP contribution is -2.35. The lowest BCUT2D eigenvalue weighted by molar-refractivity contribution is -0.132. The van der Waals surface area contributed by atoms with Gasteiger partial charge in [-0.05, 0) is 17.7 Å². The highest BCUT2D eigenvalue weighted by molar-refractivity contribution is 6.34. The van der Waals surface area contributed by atoms with E-state index in [0.717, 1.165) is 5.56 Å². The van der Waals surface area contributed by atoms with E-state index in [1.165, 1.54) is 0 Å². The molecule has 6 heteroatoms. The molecule has 0 aliphatic carbocycles. The van der Waals surface area contributed by atoms with Crippen LogP contribution in [0.5, 0.6) is 5.75 Å². The highest BCUT2D eigenvalue weighted by Gasteiger charge is 2.33. The Balaban J connectivity index is 1.61. The average molecular weight is 365 g/mol. The second kappa shape index (κ2) is 7.43. The Bertz CT molecular complexity index is 724. The second-order valence-electron chi connectivity index (χ2n) is 5.84. The first-order valence-electron chi connectivity index (χ1n) is 7.71. The smallest absolute Gasteiger partial charge is 0.260 e. The summed E-state index contributed by atoms with van der Waals surface area (Å²) >= 11 is 12.0. The zero-order chi connectivity index (χ0) is 17.1. The van der Waals surface area contributed by atoms with Gasteiger partial charge in [-0.1, -0.05) is 53.5 Å². The van der Waals surface area contributed by atoms with Crippen LogP contribution in [0.4, 0.5) is 0 Å². The molecule has 1 amide bonds. The van der Waals surface area contributed by atoms with Crippen LogP contribution >= 0.6 is 23.2 Å². The van der Waals surface area contributed by atoms with Crippen LogP contribution in [0, 0.1) is 0 Å². The monoisotopic (exact) mass is 364 g/mol. The minimum absolute atomic E-state index is 0.0777. The van der Waals surface area contributed by atoms with Gasteiger partial charge in [0.15, 0.2) is 6.61 Å². The van der Waals surface area contributed by atoms with Crippen LogP contribution in [0.3, 0.4) is 0 Å². The third-order valence-electron chi connectivity index (χ3n) is 4.19. The molecule has 1 aliphatic heterocycles. The molecule has 1 fully saturated rings. The Morgan fingerprint density at radius 2 is 1.92 bits per heavy atom. The molecule has 3 rings (SSSR count). The van der Waals surface area contributed by atoms with Crippen molar-refractivity contribution in [2.24, 2.45) is 5.73 Å². The zero-order valence-electron chi connectivity index (χ0n) is 13.0. The number of hydrogen-bond acceptors (Lipinski definition) is 3. The Morgan fingerprint density at radius 1 is 1.17 bits per heavy atom. The van der Waals surface area contributed by atoms with E-state index in [2.05, 4.69) is 0 Å². The van der Waals surface area contributed by atoms with Crippen molar-refractivity contribution in [3.05, 3.63) is 64.1 Å². The Labute approximate surface area is 151 Å². The summed E-state index contributed by atoms with van der Waals surface area (Å²) in [7, 11) is 0. The largest absolute Gasteiger partial charge is 0.482 e. The lowest BCUT2D eigenvalue weighted by Gasteiger charge is -2.17. The maximum Gasteiger partial charge on any atom is 0.260 e. The molecular weight excluding hydrogens is 347 g/mol. The van der Waals surface area contributed by atoms with Gasteiger partial charge < -0.3 is 15.4 Å². The van der Waals surface area contributed by atoms with E-state index in [4.69, 9.17) is 33.7 Å². The Morgan fingerprint density at radius 3 is 2.67 bits per heavy atom. The highest BCUT2D eigenvalue weighted by Crippen LogP contribution is 2.29. The number of likely N-dealkylation sites (tertiary alicyclic amines) is 1. The normalized spacial score (nSPS) is 20.2. The summed E-state index contributed by atoms with van der Waals surface area (Å²) in [5.74, 6) is 0.436. The van der Waals surface area contributed by atoms with E-state index < -0.39 is 0 Å². The molecule has 0 unspecified atom stereocenters. The van der Waals surface area contributed by atoms with Gasteiger partial charge in [-0.25, -0.2) is 0 Å². The number of nitrogens with zero attached hydrogens (tertiary/aromatic N) is 1. The van der Waals surface area contributed by atoms with Gasteiger partial charge in [0.05, 0.1) is 5.02 Å². The van der Waals surface area contributed by atoms with E-state index in [-0.39, 0.29) is 24.5 Å². The summed E-state index contributed by atoms with van der Waals surface area (Å²) in [6.07, 6.45) is 0. The fourth-order valence-electron chi connectivity index (χ4n) is 2.90. The topological polar surface area (TPSA) is 55.6 Å². The fourth-order valence-corrected chi connectivity index (χ4v) is 3.24. The van der Waals surface area contributed by atoms with E-state index in [0.29, 0.717) is 28.9 Å². The molecule has 2 atom stereocenters. The van der Waals surface area contributed by atoms with Crippen LogP contribution in [0.15, 0.2) is 48.5 Å². The van der Waals surface area contributed by atoms with Crippen LogP contribution < -0.4 is 10.5 Å². The SMILES string of the molecule is N[C@@H]1CN(C(=O)COc2cc(Cl)ccc2Cl)C[C@H]1c1ccccc1. The summed E-state index contributed by atoms with van der Waals surface area (Å²) in [4.78, 5) is 14.1. The molecule has 126 valence electrons. The van der Waals surface area contributed by atoms with Crippen LogP contribution in [0.25, 0.3) is 0 Å². The summed E-state index contributed by atoms with van der Waals surface area (Å²) < 4.78 is 5.52. The molecule has 2 N–H and O–H groups in total. The first kappa shape index (κ1) is 17.1. The van der Waals surface area contributed by atoms with Crippen molar-refractivity contribution in [2.75, 3.05) is 19.7 Å². The van der Waals surface area contributed by atoms with E-state index in [9.17, 15) is 4.79 Å². The average Bonchev–Trinajstić information content (AvgIpc) is 2.98. The van der Waals surface area contributed by atoms with Gasteiger partial charge in [0, 0.05) is 36.1 Å². The van der Waals surface area contributed by atoms with Crippen molar-refractivity contribution in [1.29, 1.82) is 0 Å². The van der Waals surface area contributed by atoms with E-state index >= 15 is 0 Å². The molecule has 0 bridgehead atoms. The Hall–Kier alpha value is -1.75. The van der Waals surface area contributed by atoms with Crippen molar-refractivity contribution in [1.82, 2.24) is 4.90 Å². The summed E-state index contributed by atoms with van der Waals surface area (Å²) in [5, 5.41) is 0.932. The predicted molar refractivity (Wildman–Crippen MR) is 95.7 cm³/mol. The molecule has 2 aromatic carbocycles. The van der Waals surface area contributed by atoms with E-state index in [1.807, 2.05) is 30.3 Å². The van der Waals surface area contributed by atoms with E-state index in [1.54, 1.807) is 23.1 Å². The van der Waals surface area contributed by atoms with Crippen LogP contribution in [-0.4, -0.2) is 36.5 Å². The Kier molecular flexibility index (Phi) is 5.29. The summed E-state index contributed by atoms with van der Waals surface area (Å²) in [5.41, 5.74) is 7.37. The van der Waals surface area contributed by atoms with Gasteiger partial charge in [0.2, 0.25) is 0 Å². The molecule has 4 nitrogen and oxygen atoms in total. The van der Waals surface area contributed by atoms with Gasteiger partial charge in [-0.2, -0.15) is 0 Å². The number of carbonyl (C=O) groups excluding carboxylic acids is 1. The van der Waals surface area contributed by atoms with Crippen molar-refractivity contribution in [3.63, 3.8) is 0 Å². The molecule has 0 spiro atoms. The second-order valence-corrected chi connectivity index (χ2v) is 6.69. The number of hydrogen-bond donors (Lipinski definition) is 1. The molecule has 2 aromatic rings. The molecule has 1 saturated heterocycles. The predicted octanol–water partition coefficient (Wildman–Crippen LogP) is 3.33. The van der Waals surface area contributed by atoms with Gasteiger partial charge in [-0.15, -0.1) is 0 Å². The maximum absolute atomic E-state index is 12.4. The van der Waals surface area contributed by atoms with Crippen LogP contribution in [0.1, 0.15) is 11.5 Å². The van der Waals surface area contributed by atoms with Crippen molar-refractivity contribution >= 4 is 29.1 Å². The minimum atomic E-state index is -0.111. The molecular formula is C18H18Cl2N2O2. The highest BCUT2D eigenvalue weighted by atomic mass is 35.5. The first-order valence-corrected chi connectivity index (χ1v) is 8.46. The van der Waals surface area contributed by atoms with Gasteiger partial charge in [0.1, 0.15) is 5.75 Å². The quantitative estimate of drug-likeness (QED) is 0.904. The number of amides is 1. The van der Waals surface area contributed by atoms with Crippen molar-refractivity contribution < 1.29 is 9.53 Å². The lowest BCUT2D eigenvalue weighted by atomic mass is 9.95. The fraction of sp³-hybridized carbons (Fsp3) is 0.278. The molecule has 0 aromatic heterocycles. The molecule has 0 radical (unpaired) electrons. The number of rotatable bonds is 4.